The summed E-state index contributed by atoms with van der Waals surface area (Å²) in [6.07, 6.45) is 3.76. The Morgan fingerprint density at radius 1 is 1.69 bits per heavy atom. The lowest BCUT2D eigenvalue weighted by atomic mass is 9.91. The Labute approximate surface area is 78.4 Å². The van der Waals surface area contributed by atoms with Gasteiger partial charge in [-0.15, -0.1) is 0 Å². The van der Waals surface area contributed by atoms with Crippen molar-refractivity contribution in [1.29, 1.82) is 0 Å². The van der Waals surface area contributed by atoms with Gasteiger partial charge >= 0.3 is 0 Å². The fourth-order valence-electron chi connectivity index (χ4n) is 1.67. The molecule has 0 radical (unpaired) electrons. The van der Waals surface area contributed by atoms with Crippen molar-refractivity contribution in [2.45, 2.75) is 32.3 Å². The molecule has 0 aromatic rings. The summed E-state index contributed by atoms with van der Waals surface area (Å²) in [5, 5.41) is 8.59. The van der Waals surface area contributed by atoms with E-state index in [1.54, 1.807) is 0 Å². The molecule has 1 rings (SSSR count). The SMILES string of the molecule is CC1=C(C=O)[C@@H](OCCO)CCC1. The van der Waals surface area contributed by atoms with E-state index < -0.39 is 0 Å². The van der Waals surface area contributed by atoms with Gasteiger partial charge in [-0.05, 0) is 26.2 Å². The highest BCUT2D eigenvalue weighted by Crippen LogP contribution is 2.25. The first-order valence-electron chi connectivity index (χ1n) is 4.67. The number of rotatable bonds is 4. The van der Waals surface area contributed by atoms with E-state index in [0.717, 1.165) is 36.7 Å². The van der Waals surface area contributed by atoms with Crippen LogP contribution >= 0.6 is 0 Å². The van der Waals surface area contributed by atoms with E-state index in [4.69, 9.17) is 9.84 Å². The maximum absolute atomic E-state index is 10.7. The number of carbonyl (C=O) groups is 1. The predicted octanol–water partition coefficient (Wildman–Crippen LogP) is 1.06. The molecule has 0 heterocycles. The highest BCUT2D eigenvalue weighted by molar-refractivity contribution is 5.76. The molecule has 1 aliphatic rings. The number of aliphatic hydroxyl groups is 1. The molecule has 0 aromatic heterocycles. The van der Waals surface area contributed by atoms with Gasteiger partial charge in [0, 0.05) is 5.57 Å². The summed E-state index contributed by atoms with van der Waals surface area (Å²) in [7, 11) is 0. The number of aldehydes is 1. The third kappa shape index (κ3) is 2.64. The molecule has 3 nitrogen and oxygen atoms in total. The minimum Gasteiger partial charge on any atom is -0.394 e. The van der Waals surface area contributed by atoms with Crippen molar-refractivity contribution in [2.75, 3.05) is 13.2 Å². The number of aliphatic hydroxyl groups excluding tert-OH is 1. The molecule has 0 unspecified atom stereocenters. The Balaban J connectivity index is 2.61. The normalized spacial score (nSPS) is 23.4. The van der Waals surface area contributed by atoms with Gasteiger partial charge in [0.25, 0.3) is 0 Å². The molecule has 1 atom stereocenters. The lowest BCUT2D eigenvalue weighted by Gasteiger charge is -2.23. The Kier molecular flexibility index (Phi) is 4.12. The molecule has 0 saturated heterocycles. The van der Waals surface area contributed by atoms with Crippen LogP contribution < -0.4 is 0 Å². The van der Waals surface area contributed by atoms with Gasteiger partial charge in [0.1, 0.15) is 6.29 Å². The summed E-state index contributed by atoms with van der Waals surface area (Å²) >= 11 is 0. The highest BCUT2D eigenvalue weighted by atomic mass is 16.5. The standard InChI is InChI=1S/C10H16O3/c1-8-3-2-4-10(9(8)7-12)13-6-5-11/h7,10-11H,2-6H2,1H3/t10-/m0/s1. The second kappa shape index (κ2) is 5.14. The topological polar surface area (TPSA) is 46.5 Å². The lowest BCUT2D eigenvalue weighted by molar-refractivity contribution is -0.106. The minimum absolute atomic E-state index is 0.0156. The van der Waals surface area contributed by atoms with Gasteiger partial charge in [-0.3, -0.25) is 4.79 Å². The number of carbonyl (C=O) groups excluding carboxylic acids is 1. The Morgan fingerprint density at radius 2 is 2.46 bits per heavy atom. The first kappa shape index (κ1) is 10.4. The fraction of sp³-hybridized carbons (Fsp3) is 0.700. The molecule has 1 N–H and O–H groups in total. The van der Waals surface area contributed by atoms with E-state index in [-0.39, 0.29) is 12.7 Å². The number of hydrogen-bond acceptors (Lipinski definition) is 3. The van der Waals surface area contributed by atoms with Crippen LogP contribution in [-0.2, 0) is 9.53 Å². The first-order chi connectivity index (χ1) is 6.29. The Morgan fingerprint density at radius 3 is 3.08 bits per heavy atom. The fourth-order valence-corrected chi connectivity index (χ4v) is 1.67. The largest absolute Gasteiger partial charge is 0.394 e. The molecule has 3 heteroatoms. The number of allylic oxidation sites excluding steroid dienone is 1. The number of ether oxygens (including phenoxy) is 1. The Hall–Kier alpha value is -0.670. The van der Waals surface area contributed by atoms with Gasteiger partial charge < -0.3 is 9.84 Å². The van der Waals surface area contributed by atoms with Crippen LogP contribution in [-0.4, -0.2) is 30.7 Å². The van der Waals surface area contributed by atoms with Crippen molar-refractivity contribution in [3.05, 3.63) is 11.1 Å². The summed E-state index contributed by atoms with van der Waals surface area (Å²) in [6, 6.07) is 0. The molecule has 0 aliphatic heterocycles. The second-order valence-electron chi connectivity index (χ2n) is 3.33. The van der Waals surface area contributed by atoms with Crippen LogP contribution in [0.2, 0.25) is 0 Å². The molecule has 0 aromatic carbocycles. The zero-order valence-corrected chi connectivity index (χ0v) is 7.95. The van der Waals surface area contributed by atoms with Gasteiger partial charge in [-0.2, -0.15) is 0 Å². The van der Waals surface area contributed by atoms with Crippen LogP contribution in [0.4, 0.5) is 0 Å². The summed E-state index contributed by atoms with van der Waals surface area (Å²) in [5.41, 5.74) is 1.91. The van der Waals surface area contributed by atoms with Gasteiger partial charge in [-0.25, -0.2) is 0 Å². The van der Waals surface area contributed by atoms with Crippen molar-refractivity contribution in [2.24, 2.45) is 0 Å². The molecule has 13 heavy (non-hydrogen) atoms. The molecule has 0 bridgehead atoms. The average Bonchev–Trinajstić information content (AvgIpc) is 2.15. The minimum atomic E-state index is -0.0848. The average molecular weight is 184 g/mol. The quantitative estimate of drug-likeness (QED) is 0.665. The van der Waals surface area contributed by atoms with Crippen molar-refractivity contribution in [3.63, 3.8) is 0 Å². The third-order valence-corrected chi connectivity index (χ3v) is 2.40. The molecule has 74 valence electrons. The highest BCUT2D eigenvalue weighted by Gasteiger charge is 2.20. The van der Waals surface area contributed by atoms with Crippen molar-refractivity contribution >= 4 is 6.29 Å². The van der Waals surface area contributed by atoms with Crippen LogP contribution in [0.3, 0.4) is 0 Å². The van der Waals surface area contributed by atoms with Crippen LogP contribution in [0, 0.1) is 0 Å². The van der Waals surface area contributed by atoms with Crippen LogP contribution in [0.5, 0.6) is 0 Å². The molecule has 0 spiro atoms. The van der Waals surface area contributed by atoms with E-state index in [1.165, 1.54) is 0 Å². The van der Waals surface area contributed by atoms with E-state index in [1.807, 2.05) is 6.92 Å². The monoisotopic (exact) mass is 184 g/mol. The van der Waals surface area contributed by atoms with E-state index in [9.17, 15) is 4.79 Å². The van der Waals surface area contributed by atoms with Crippen LogP contribution in [0.15, 0.2) is 11.1 Å². The van der Waals surface area contributed by atoms with E-state index in [2.05, 4.69) is 0 Å². The van der Waals surface area contributed by atoms with Gasteiger partial charge in [-0.1, -0.05) is 5.57 Å². The molecular weight excluding hydrogens is 168 g/mol. The van der Waals surface area contributed by atoms with Crippen LogP contribution in [0.25, 0.3) is 0 Å². The Bertz CT molecular complexity index is 208. The van der Waals surface area contributed by atoms with E-state index >= 15 is 0 Å². The molecule has 1 aliphatic carbocycles. The lowest BCUT2D eigenvalue weighted by Crippen LogP contribution is -2.23. The summed E-state index contributed by atoms with van der Waals surface area (Å²) in [5.74, 6) is 0. The van der Waals surface area contributed by atoms with E-state index in [0.29, 0.717) is 6.61 Å². The van der Waals surface area contributed by atoms with Crippen molar-refractivity contribution in [1.82, 2.24) is 0 Å². The summed E-state index contributed by atoms with van der Waals surface area (Å²) < 4.78 is 5.37. The second-order valence-corrected chi connectivity index (χ2v) is 3.33. The maximum Gasteiger partial charge on any atom is 0.148 e. The predicted molar refractivity (Wildman–Crippen MR) is 49.4 cm³/mol. The third-order valence-electron chi connectivity index (χ3n) is 2.40. The molecule has 0 fully saturated rings. The maximum atomic E-state index is 10.7. The van der Waals surface area contributed by atoms with Gasteiger partial charge in [0.05, 0.1) is 19.3 Å². The smallest absolute Gasteiger partial charge is 0.148 e. The molecule has 0 saturated carbocycles. The number of hydrogen-bond donors (Lipinski definition) is 1. The molecule has 0 amide bonds. The van der Waals surface area contributed by atoms with Crippen molar-refractivity contribution < 1.29 is 14.6 Å². The first-order valence-corrected chi connectivity index (χ1v) is 4.67. The zero-order valence-electron chi connectivity index (χ0n) is 7.95. The molecular formula is C10H16O3. The van der Waals surface area contributed by atoms with Crippen molar-refractivity contribution in [3.8, 4) is 0 Å². The van der Waals surface area contributed by atoms with Gasteiger partial charge in [0.2, 0.25) is 0 Å². The van der Waals surface area contributed by atoms with Gasteiger partial charge in [0.15, 0.2) is 0 Å². The summed E-state index contributed by atoms with van der Waals surface area (Å²) in [4.78, 5) is 10.7. The summed E-state index contributed by atoms with van der Waals surface area (Å²) in [6.45, 7) is 2.30. The zero-order chi connectivity index (χ0) is 9.68. The van der Waals surface area contributed by atoms with Crippen LogP contribution in [0.1, 0.15) is 26.2 Å².